The molecule has 0 amide bonds. The molecular formula is C16H21N3O2. The maximum atomic E-state index is 9.86. The van der Waals surface area contributed by atoms with E-state index in [-0.39, 0.29) is 5.41 Å². The van der Waals surface area contributed by atoms with E-state index >= 15 is 0 Å². The van der Waals surface area contributed by atoms with E-state index in [0.717, 1.165) is 42.6 Å². The fourth-order valence-electron chi connectivity index (χ4n) is 2.86. The van der Waals surface area contributed by atoms with Crippen molar-refractivity contribution in [2.45, 2.75) is 39.0 Å². The second kappa shape index (κ2) is 5.15. The van der Waals surface area contributed by atoms with E-state index in [0.29, 0.717) is 17.5 Å². The van der Waals surface area contributed by atoms with E-state index < -0.39 is 0 Å². The highest BCUT2D eigenvalue weighted by molar-refractivity contribution is 5.60. The van der Waals surface area contributed by atoms with E-state index in [1.165, 1.54) is 0 Å². The molecule has 0 saturated carbocycles. The number of rotatable bonds is 2. The van der Waals surface area contributed by atoms with E-state index in [1.807, 2.05) is 26.0 Å². The second-order valence-electron chi connectivity index (χ2n) is 6.19. The molecule has 0 atom stereocenters. The molecule has 5 heteroatoms. The number of aromatic nitrogens is 2. The summed E-state index contributed by atoms with van der Waals surface area (Å²) in [6.45, 7) is 7.89. The number of hydrogen-bond donors (Lipinski definition) is 2. The Morgan fingerprint density at radius 3 is 2.43 bits per heavy atom. The van der Waals surface area contributed by atoms with Gasteiger partial charge in [-0.2, -0.15) is 4.98 Å². The third-order valence-electron chi connectivity index (χ3n) is 4.40. The van der Waals surface area contributed by atoms with Crippen molar-refractivity contribution in [3.05, 3.63) is 29.2 Å². The summed E-state index contributed by atoms with van der Waals surface area (Å²) in [5.74, 6) is 1.63. The predicted octanol–water partition coefficient (Wildman–Crippen LogP) is 2.70. The third-order valence-corrected chi connectivity index (χ3v) is 4.40. The highest BCUT2D eigenvalue weighted by atomic mass is 16.5. The summed E-state index contributed by atoms with van der Waals surface area (Å²) in [4.78, 5) is 4.60. The molecule has 1 aliphatic rings. The van der Waals surface area contributed by atoms with E-state index in [1.54, 1.807) is 0 Å². The van der Waals surface area contributed by atoms with Gasteiger partial charge in [-0.1, -0.05) is 12.1 Å². The van der Waals surface area contributed by atoms with E-state index in [2.05, 4.69) is 22.4 Å². The molecule has 112 valence electrons. The molecule has 3 rings (SSSR count). The molecule has 2 aromatic rings. The minimum Gasteiger partial charge on any atom is -0.507 e. The average molecular weight is 287 g/mol. The molecule has 1 aromatic carbocycles. The quantitative estimate of drug-likeness (QED) is 0.888. The lowest BCUT2D eigenvalue weighted by Gasteiger charge is -2.30. The molecule has 0 unspecified atom stereocenters. The molecule has 5 nitrogen and oxygen atoms in total. The molecule has 1 saturated heterocycles. The summed E-state index contributed by atoms with van der Waals surface area (Å²) >= 11 is 0. The van der Waals surface area contributed by atoms with Crippen LogP contribution in [0.15, 0.2) is 16.7 Å². The van der Waals surface area contributed by atoms with Gasteiger partial charge in [0.05, 0.1) is 0 Å². The Morgan fingerprint density at radius 2 is 1.81 bits per heavy atom. The van der Waals surface area contributed by atoms with Gasteiger partial charge in [0.1, 0.15) is 5.75 Å². The number of aromatic hydroxyl groups is 1. The van der Waals surface area contributed by atoms with Gasteiger partial charge >= 0.3 is 0 Å². The Hall–Kier alpha value is -1.88. The molecule has 0 aliphatic carbocycles. The SMILES string of the molecule is Cc1cc(-c2noc(C3(C)CCNCC3)n2)cc(C)c1O. The van der Waals surface area contributed by atoms with Crippen molar-refractivity contribution < 1.29 is 9.63 Å². The minimum absolute atomic E-state index is 0.0441. The lowest BCUT2D eigenvalue weighted by Crippen LogP contribution is -2.37. The number of benzene rings is 1. The Labute approximate surface area is 124 Å². The zero-order valence-electron chi connectivity index (χ0n) is 12.7. The largest absolute Gasteiger partial charge is 0.507 e. The van der Waals surface area contributed by atoms with Crippen LogP contribution in [0.25, 0.3) is 11.4 Å². The van der Waals surface area contributed by atoms with Gasteiger partial charge in [-0.15, -0.1) is 0 Å². The minimum atomic E-state index is -0.0441. The van der Waals surface area contributed by atoms with Crippen LogP contribution in [0.2, 0.25) is 0 Å². The maximum absolute atomic E-state index is 9.86. The van der Waals surface area contributed by atoms with Gasteiger partial charge in [-0.3, -0.25) is 0 Å². The molecule has 1 aliphatic heterocycles. The van der Waals surface area contributed by atoms with Crippen molar-refractivity contribution in [2.24, 2.45) is 0 Å². The summed E-state index contributed by atoms with van der Waals surface area (Å²) in [5, 5.41) is 17.3. The first-order chi connectivity index (χ1) is 9.99. The van der Waals surface area contributed by atoms with Crippen LogP contribution in [0.5, 0.6) is 5.75 Å². The fraction of sp³-hybridized carbons (Fsp3) is 0.500. The summed E-state index contributed by atoms with van der Waals surface area (Å²) in [6.07, 6.45) is 2.00. The number of hydrogen-bond acceptors (Lipinski definition) is 5. The maximum Gasteiger partial charge on any atom is 0.232 e. The van der Waals surface area contributed by atoms with Crippen LogP contribution >= 0.6 is 0 Å². The first-order valence-corrected chi connectivity index (χ1v) is 7.35. The number of phenolic OH excluding ortho intramolecular Hbond substituents is 1. The number of nitrogens with zero attached hydrogens (tertiary/aromatic N) is 2. The number of phenols is 1. The van der Waals surface area contributed by atoms with Gasteiger partial charge in [0.25, 0.3) is 0 Å². The van der Waals surface area contributed by atoms with Gasteiger partial charge in [0.15, 0.2) is 0 Å². The summed E-state index contributed by atoms with van der Waals surface area (Å²) in [6, 6.07) is 3.78. The third kappa shape index (κ3) is 2.53. The normalized spacial score (nSPS) is 17.9. The summed E-state index contributed by atoms with van der Waals surface area (Å²) < 4.78 is 5.52. The molecule has 0 spiro atoms. The highest BCUT2D eigenvalue weighted by Crippen LogP contribution is 2.34. The number of piperidine rings is 1. The van der Waals surface area contributed by atoms with Gasteiger partial charge in [-0.25, -0.2) is 0 Å². The molecule has 21 heavy (non-hydrogen) atoms. The first kappa shape index (κ1) is 14.1. The standard InChI is InChI=1S/C16H21N3O2/c1-10-8-12(9-11(2)13(10)20)14-18-15(21-19-14)16(3)4-6-17-7-5-16/h8-9,17,20H,4-7H2,1-3H3. The molecule has 2 heterocycles. The van der Waals surface area contributed by atoms with Crippen LogP contribution in [0.3, 0.4) is 0 Å². The van der Waals surface area contributed by atoms with Crippen molar-refractivity contribution in [2.75, 3.05) is 13.1 Å². The summed E-state index contributed by atoms with van der Waals surface area (Å²) in [5.41, 5.74) is 2.49. The topological polar surface area (TPSA) is 71.2 Å². The smallest absolute Gasteiger partial charge is 0.232 e. The first-order valence-electron chi connectivity index (χ1n) is 7.35. The van der Waals surface area contributed by atoms with Crippen LogP contribution < -0.4 is 5.32 Å². The number of nitrogens with one attached hydrogen (secondary N) is 1. The van der Waals surface area contributed by atoms with Gasteiger partial charge in [0.2, 0.25) is 11.7 Å². The zero-order chi connectivity index (χ0) is 15.0. The lowest BCUT2D eigenvalue weighted by atomic mass is 9.81. The Kier molecular flexibility index (Phi) is 3.45. The lowest BCUT2D eigenvalue weighted by molar-refractivity contribution is 0.241. The highest BCUT2D eigenvalue weighted by Gasteiger charge is 2.34. The summed E-state index contributed by atoms with van der Waals surface area (Å²) in [7, 11) is 0. The van der Waals surface area contributed by atoms with Crippen LogP contribution in [0.1, 0.15) is 36.8 Å². The molecule has 1 fully saturated rings. The fourth-order valence-corrected chi connectivity index (χ4v) is 2.86. The van der Waals surface area contributed by atoms with Gasteiger partial charge in [-0.05, 0) is 63.0 Å². The number of aryl methyl sites for hydroxylation is 2. The molecule has 0 bridgehead atoms. The molecular weight excluding hydrogens is 266 g/mol. The zero-order valence-corrected chi connectivity index (χ0v) is 12.7. The van der Waals surface area contributed by atoms with Crippen LogP contribution in [0, 0.1) is 13.8 Å². The van der Waals surface area contributed by atoms with Crippen molar-refractivity contribution in [3.63, 3.8) is 0 Å². The van der Waals surface area contributed by atoms with Crippen LogP contribution in [-0.2, 0) is 5.41 Å². The van der Waals surface area contributed by atoms with Crippen molar-refractivity contribution in [1.82, 2.24) is 15.5 Å². The monoisotopic (exact) mass is 287 g/mol. The van der Waals surface area contributed by atoms with E-state index in [9.17, 15) is 5.11 Å². The Morgan fingerprint density at radius 1 is 1.19 bits per heavy atom. The van der Waals surface area contributed by atoms with Gasteiger partial charge < -0.3 is 14.9 Å². The van der Waals surface area contributed by atoms with E-state index in [4.69, 9.17) is 4.52 Å². The Bertz CT molecular complexity index is 634. The Balaban J connectivity index is 1.95. The average Bonchev–Trinajstić information content (AvgIpc) is 2.95. The van der Waals surface area contributed by atoms with Crippen molar-refractivity contribution >= 4 is 0 Å². The van der Waals surface area contributed by atoms with Crippen molar-refractivity contribution in [3.8, 4) is 17.1 Å². The molecule has 2 N–H and O–H groups in total. The van der Waals surface area contributed by atoms with Crippen LogP contribution in [-0.4, -0.2) is 28.3 Å². The molecule has 0 radical (unpaired) electrons. The predicted molar refractivity (Wildman–Crippen MR) is 80.3 cm³/mol. The van der Waals surface area contributed by atoms with Crippen molar-refractivity contribution in [1.29, 1.82) is 0 Å². The second-order valence-corrected chi connectivity index (χ2v) is 6.19. The van der Waals surface area contributed by atoms with Gasteiger partial charge in [0, 0.05) is 11.0 Å². The molecule has 1 aromatic heterocycles. The van der Waals surface area contributed by atoms with Crippen LogP contribution in [0.4, 0.5) is 0 Å².